The van der Waals surface area contributed by atoms with E-state index in [2.05, 4.69) is 61.7 Å². The van der Waals surface area contributed by atoms with Crippen LogP contribution in [0.2, 0.25) is 0 Å². The van der Waals surface area contributed by atoms with Crippen molar-refractivity contribution in [3.05, 3.63) is 106 Å². The molecule has 8 nitrogen and oxygen atoms in total. The van der Waals surface area contributed by atoms with Gasteiger partial charge in [0.25, 0.3) is 0 Å². The van der Waals surface area contributed by atoms with Gasteiger partial charge >= 0.3 is 12.4 Å². The standard InChI is InChI=1S/C33H33F3N6O2S/c1-5-7-24-9-8-21(3)18-29(24)42-22(4)19-45-32(42)39-31(43)38-28(6-2)23-10-12-25(13-11-23)30-37-20-41(40-30)26-14-16-27(17-15-26)44-33(34,35)36/h8-20,28H,5-7H2,1-4H3,(H,38,43)/b39-32-. The monoisotopic (exact) mass is 634 g/mol. The zero-order chi connectivity index (χ0) is 32.1. The van der Waals surface area contributed by atoms with Crippen molar-refractivity contribution in [1.29, 1.82) is 0 Å². The molecule has 0 fully saturated rings. The molecule has 1 unspecified atom stereocenters. The fourth-order valence-corrected chi connectivity index (χ4v) is 5.87. The largest absolute Gasteiger partial charge is 0.573 e. The Kier molecular flexibility index (Phi) is 9.52. The molecule has 2 aromatic heterocycles. The van der Waals surface area contributed by atoms with Crippen LogP contribution in [0, 0.1) is 13.8 Å². The van der Waals surface area contributed by atoms with Crippen LogP contribution in [-0.4, -0.2) is 31.7 Å². The number of carbonyl (C=O) groups excluding carboxylic acids is 1. The third kappa shape index (κ3) is 7.69. The first-order valence-electron chi connectivity index (χ1n) is 14.5. The maximum atomic E-state index is 13.2. The minimum Gasteiger partial charge on any atom is -0.406 e. The number of amides is 2. The minimum absolute atomic E-state index is 0.262. The molecule has 0 aliphatic heterocycles. The number of halogens is 3. The number of aromatic nitrogens is 4. The van der Waals surface area contributed by atoms with Gasteiger partial charge in [-0.2, -0.15) is 4.99 Å². The molecule has 234 valence electrons. The Morgan fingerprint density at radius 3 is 2.44 bits per heavy atom. The number of ether oxygens (including phenoxy) is 1. The SMILES string of the molecule is CCCc1ccc(C)cc1-n1c(C)cs/c1=N\C(=O)NC(CC)c1ccc(-c2ncn(-c3ccc(OC(F)(F)F)cc3)n2)cc1. The molecule has 1 atom stereocenters. The predicted octanol–water partition coefficient (Wildman–Crippen LogP) is 8.02. The van der Waals surface area contributed by atoms with Crippen LogP contribution in [0.1, 0.15) is 55.1 Å². The Labute approximate surface area is 262 Å². The van der Waals surface area contributed by atoms with Gasteiger partial charge in [0.15, 0.2) is 10.6 Å². The second-order valence-electron chi connectivity index (χ2n) is 10.6. The number of carbonyl (C=O) groups is 1. The van der Waals surface area contributed by atoms with E-state index in [0.29, 0.717) is 22.7 Å². The first-order valence-corrected chi connectivity index (χ1v) is 15.4. The van der Waals surface area contributed by atoms with Crippen molar-refractivity contribution < 1.29 is 22.7 Å². The van der Waals surface area contributed by atoms with Crippen LogP contribution in [-0.2, 0) is 6.42 Å². The number of nitrogens with zero attached hydrogens (tertiary/aromatic N) is 5. The minimum atomic E-state index is -4.76. The van der Waals surface area contributed by atoms with Gasteiger partial charge < -0.3 is 10.1 Å². The first kappa shape index (κ1) is 31.7. The molecule has 0 aliphatic carbocycles. The average molecular weight is 635 g/mol. The molecule has 5 aromatic rings. The van der Waals surface area contributed by atoms with Gasteiger partial charge in [-0.3, -0.25) is 4.57 Å². The van der Waals surface area contributed by atoms with Gasteiger partial charge in [-0.25, -0.2) is 14.5 Å². The molecule has 5 rings (SSSR count). The molecular weight excluding hydrogens is 601 g/mol. The zero-order valence-corrected chi connectivity index (χ0v) is 26.1. The lowest BCUT2D eigenvalue weighted by molar-refractivity contribution is -0.274. The Balaban J connectivity index is 1.31. The second kappa shape index (κ2) is 13.5. The number of hydrogen-bond donors (Lipinski definition) is 1. The van der Waals surface area contributed by atoms with Gasteiger partial charge in [0, 0.05) is 16.6 Å². The molecule has 3 aromatic carbocycles. The Morgan fingerprint density at radius 2 is 1.78 bits per heavy atom. The van der Waals surface area contributed by atoms with Gasteiger partial charge in [0.05, 0.1) is 17.4 Å². The Hall–Kier alpha value is -4.71. The van der Waals surface area contributed by atoms with Crippen LogP contribution in [0.4, 0.5) is 18.0 Å². The summed E-state index contributed by atoms with van der Waals surface area (Å²) >= 11 is 1.43. The van der Waals surface area contributed by atoms with E-state index < -0.39 is 12.4 Å². The van der Waals surface area contributed by atoms with E-state index in [1.807, 2.05) is 43.5 Å². The maximum absolute atomic E-state index is 13.2. The van der Waals surface area contributed by atoms with Crippen LogP contribution < -0.4 is 14.9 Å². The summed E-state index contributed by atoms with van der Waals surface area (Å²) in [5.41, 5.74) is 6.60. The van der Waals surface area contributed by atoms with E-state index in [-0.39, 0.29) is 11.8 Å². The van der Waals surface area contributed by atoms with E-state index in [0.717, 1.165) is 40.9 Å². The lowest BCUT2D eigenvalue weighted by atomic mass is 10.0. The Bertz CT molecular complexity index is 1840. The highest BCUT2D eigenvalue weighted by molar-refractivity contribution is 7.07. The summed E-state index contributed by atoms with van der Waals surface area (Å²) in [6, 6.07) is 18.6. The highest BCUT2D eigenvalue weighted by Crippen LogP contribution is 2.25. The summed E-state index contributed by atoms with van der Waals surface area (Å²) < 4.78 is 44.8. The van der Waals surface area contributed by atoms with Gasteiger partial charge in [0.1, 0.15) is 12.1 Å². The molecule has 0 saturated carbocycles. The zero-order valence-electron chi connectivity index (χ0n) is 25.3. The van der Waals surface area contributed by atoms with Crippen molar-refractivity contribution in [2.75, 3.05) is 0 Å². The van der Waals surface area contributed by atoms with E-state index in [9.17, 15) is 18.0 Å². The maximum Gasteiger partial charge on any atom is 0.573 e. The molecule has 1 N–H and O–H groups in total. The van der Waals surface area contributed by atoms with Crippen molar-refractivity contribution in [1.82, 2.24) is 24.6 Å². The van der Waals surface area contributed by atoms with E-state index in [4.69, 9.17) is 0 Å². The molecular formula is C33H33F3N6O2S. The highest BCUT2D eigenvalue weighted by atomic mass is 32.1. The van der Waals surface area contributed by atoms with Crippen molar-refractivity contribution in [3.8, 4) is 28.5 Å². The molecule has 0 aliphatic rings. The number of urea groups is 1. The van der Waals surface area contributed by atoms with Crippen LogP contribution in [0.3, 0.4) is 0 Å². The van der Waals surface area contributed by atoms with Gasteiger partial charge in [-0.15, -0.1) is 29.6 Å². The number of rotatable bonds is 9. The topological polar surface area (TPSA) is 86.3 Å². The summed E-state index contributed by atoms with van der Waals surface area (Å²) in [5.74, 6) is 0.130. The lowest BCUT2D eigenvalue weighted by Gasteiger charge is -2.16. The third-order valence-electron chi connectivity index (χ3n) is 7.18. The number of benzene rings is 3. The van der Waals surface area contributed by atoms with Crippen LogP contribution >= 0.6 is 11.3 Å². The fraction of sp³-hybridized carbons (Fsp3) is 0.273. The average Bonchev–Trinajstić information content (AvgIpc) is 3.64. The quantitative estimate of drug-likeness (QED) is 0.178. The third-order valence-corrected chi connectivity index (χ3v) is 8.12. The van der Waals surface area contributed by atoms with Gasteiger partial charge in [-0.05, 0) is 73.7 Å². The van der Waals surface area contributed by atoms with Crippen LogP contribution in [0.15, 0.2) is 83.4 Å². The summed E-state index contributed by atoms with van der Waals surface area (Å²) in [7, 11) is 0. The molecule has 2 heterocycles. The molecule has 2 amide bonds. The number of alkyl halides is 3. The number of aryl methyl sites for hydroxylation is 3. The van der Waals surface area contributed by atoms with E-state index in [1.54, 1.807) is 0 Å². The molecule has 0 bridgehead atoms. The van der Waals surface area contributed by atoms with E-state index >= 15 is 0 Å². The van der Waals surface area contributed by atoms with E-state index in [1.165, 1.54) is 52.2 Å². The molecule has 12 heteroatoms. The number of hydrogen-bond acceptors (Lipinski definition) is 5. The molecule has 0 saturated heterocycles. The fourth-order valence-electron chi connectivity index (χ4n) is 5.00. The summed E-state index contributed by atoms with van der Waals surface area (Å²) in [6.45, 7) is 8.22. The predicted molar refractivity (Wildman–Crippen MR) is 168 cm³/mol. The van der Waals surface area contributed by atoms with Crippen molar-refractivity contribution in [2.24, 2.45) is 4.99 Å². The van der Waals surface area contributed by atoms with Crippen LogP contribution in [0.5, 0.6) is 5.75 Å². The second-order valence-corrected chi connectivity index (χ2v) is 11.4. The smallest absolute Gasteiger partial charge is 0.406 e. The first-order chi connectivity index (χ1) is 21.5. The number of nitrogens with one attached hydrogen (secondary N) is 1. The molecule has 0 radical (unpaired) electrons. The lowest BCUT2D eigenvalue weighted by Crippen LogP contribution is -2.28. The van der Waals surface area contributed by atoms with Crippen molar-refractivity contribution >= 4 is 17.4 Å². The summed E-state index contributed by atoms with van der Waals surface area (Å²) in [4.78, 5) is 22.6. The van der Waals surface area contributed by atoms with Crippen molar-refractivity contribution in [2.45, 2.75) is 59.4 Å². The summed E-state index contributed by atoms with van der Waals surface area (Å²) in [5, 5.41) is 9.51. The number of thiazole rings is 1. The molecule has 0 spiro atoms. The van der Waals surface area contributed by atoms with Crippen molar-refractivity contribution in [3.63, 3.8) is 0 Å². The highest BCUT2D eigenvalue weighted by Gasteiger charge is 2.31. The molecule has 45 heavy (non-hydrogen) atoms. The van der Waals surface area contributed by atoms with Gasteiger partial charge in [-0.1, -0.05) is 56.7 Å². The summed E-state index contributed by atoms with van der Waals surface area (Å²) in [6.07, 6.45) is -0.668. The Morgan fingerprint density at radius 1 is 1.04 bits per heavy atom. The normalized spacial score (nSPS) is 12.7. The van der Waals surface area contributed by atoms with Gasteiger partial charge in [0.2, 0.25) is 0 Å². The van der Waals surface area contributed by atoms with Crippen LogP contribution in [0.25, 0.3) is 22.8 Å².